The van der Waals surface area contributed by atoms with Crippen LogP contribution in [0.2, 0.25) is 0 Å². The first-order chi connectivity index (χ1) is 5.95. The fraction of sp³-hybridized carbons (Fsp3) is 0.667. The topological polar surface area (TPSA) is 48.8 Å². The van der Waals surface area contributed by atoms with Gasteiger partial charge in [0.25, 0.3) is 0 Å². The number of hydrogen-bond donors (Lipinski definition) is 2. The van der Waals surface area contributed by atoms with Crippen molar-refractivity contribution in [3.05, 3.63) is 0 Å². The Kier molecular flexibility index (Phi) is 2.78. The minimum atomic E-state index is 0.941. The normalized spacial score (nSPS) is 29.3. The Bertz CT molecular complexity index is 186. The zero-order chi connectivity index (χ0) is 8.23. The lowest BCUT2D eigenvalue weighted by molar-refractivity contribution is 0.989. The minimum absolute atomic E-state index is 0.941. The quantitative estimate of drug-likeness (QED) is 0.600. The molecule has 0 saturated carbocycles. The van der Waals surface area contributed by atoms with Gasteiger partial charge >= 0.3 is 0 Å². The number of thioether (sulfide) groups is 2. The first kappa shape index (κ1) is 8.25. The fourth-order valence-electron chi connectivity index (χ4n) is 0.933. The summed E-state index contributed by atoms with van der Waals surface area (Å²) in [4.78, 5) is 0. The second kappa shape index (κ2) is 4.04. The molecule has 0 aliphatic carbocycles. The van der Waals surface area contributed by atoms with E-state index in [1.165, 1.54) is 0 Å². The molecule has 2 saturated heterocycles. The summed E-state index contributed by atoms with van der Waals surface area (Å²) in [5.74, 6) is 2.20. The van der Waals surface area contributed by atoms with Gasteiger partial charge in [-0.05, 0) is 0 Å². The monoisotopic (exact) mass is 202 g/mol. The molecule has 0 atom stereocenters. The third kappa shape index (κ3) is 2.07. The van der Waals surface area contributed by atoms with Crippen LogP contribution < -0.4 is 10.6 Å². The van der Waals surface area contributed by atoms with Crippen molar-refractivity contribution in [1.29, 1.82) is 0 Å². The molecule has 2 rings (SSSR count). The van der Waals surface area contributed by atoms with Gasteiger partial charge in [0, 0.05) is 24.6 Å². The van der Waals surface area contributed by atoms with Crippen molar-refractivity contribution in [3.63, 3.8) is 0 Å². The molecule has 0 amide bonds. The maximum Gasteiger partial charge on any atom is 0.183 e. The summed E-state index contributed by atoms with van der Waals surface area (Å²) in [6, 6.07) is 0. The number of nitrogens with zero attached hydrogens (tertiary/aromatic N) is 2. The SMILES string of the molecule is C1CSC(=NN=C2NCCS2)N1. The smallest absolute Gasteiger partial charge is 0.183 e. The van der Waals surface area contributed by atoms with Crippen LogP contribution in [0.4, 0.5) is 0 Å². The molecular weight excluding hydrogens is 192 g/mol. The van der Waals surface area contributed by atoms with E-state index in [9.17, 15) is 0 Å². The van der Waals surface area contributed by atoms with Gasteiger partial charge < -0.3 is 10.6 Å². The lowest BCUT2D eigenvalue weighted by atomic mass is 10.8. The summed E-state index contributed by atoms with van der Waals surface area (Å²) >= 11 is 3.44. The van der Waals surface area contributed by atoms with Crippen LogP contribution in [0.5, 0.6) is 0 Å². The molecule has 66 valence electrons. The van der Waals surface area contributed by atoms with Gasteiger partial charge in [0.05, 0.1) is 0 Å². The highest BCUT2D eigenvalue weighted by Crippen LogP contribution is 2.10. The van der Waals surface area contributed by atoms with Crippen LogP contribution in [0.3, 0.4) is 0 Å². The first-order valence-electron chi connectivity index (χ1n) is 3.84. The Labute approximate surface area is 79.7 Å². The molecule has 0 unspecified atom stereocenters. The highest BCUT2D eigenvalue weighted by Gasteiger charge is 2.09. The average molecular weight is 202 g/mol. The molecule has 0 aromatic heterocycles. The van der Waals surface area contributed by atoms with Gasteiger partial charge in [-0.3, -0.25) is 0 Å². The first-order valence-corrected chi connectivity index (χ1v) is 5.81. The Morgan fingerprint density at radius 2 is 1.42 bits per heavy atom. The second-order valence-corrected chi connectivity index (χ2v) is 4.53. The number of rotatable bonds is 1. The summed E-state index contributed by atoms with van der Waals surface area (Å²) in [6.07, 6.45) is 0. The maximum absolute atomic E-state index is 4.08. The highest BCUT2D eigenvalue weighted by molar-refractivity contribution is 8.14. The molecule has 0 spiro atoms. The van der Waals surface area contributed by atoms with E-state index in [1.54, 1.807) is 23.5 Å². The summed E-state index contributed by atoms with van der Waals surface area (Å²) in [5, 5.41) is 16.3. The van der Waals surface area contributed by atoms with Gasteiger partial charge in [-0.15, -0.1) is 10.2 Å². The summed E-state index contributed by atoms with van der Waals surface area (Å²) in [7, 11) is 0. The Hall–Kier alpha value is -0.360. The number of hydrogen-bond acceptors (Lipinski definition) is 4. The van der Waals surface area contributed by atoms with E-state index in [0.717, 1.165) is 34.9 Å². The maximum atomic E-state index is 4.08. The van der Waals surface area contributed by atoms with Gasteiger partial charge in [-0.2, -0.15) is 0 Å². The van der Waals surface area contributed by atoms with E-state index in [4.69, 9.17) is 0 Å². The lowest BCUT2D eigenvalue weighted by Gasteiger charge is -1.93. The average Bonchev–Trinajstić information content (AvgIpc) is 2.74. The molecule has 12 heavy (non-hydrogen) atoms. The van der Waals surface area contributed by atoms with Crippen molar-refractivity contribution in [2.75, 3.05) is 24.6 Å². The number of nitrogens with one attached hydrogen (secondary N) is 2. The molecule has 4 nitrogen and oxygen atoms in total. The molecule has 2 N–H and O–H groups in total. The Balaban J connectivity index is 1.93. The molecule has 0 aromatic carbocycles. The van der Waals surface area contributed by atoms with E-state index in [0.29, 0.717) is 0 Å². The largest absolute Gasteiger partial charge is 0.362 e. The Morgan fingerprint density at radius 3 is 1.75 bits per heavy atom. The van der Waals surface area contributed by atoms with Gasteiger partial charge in [0.15, 0.2) is 10.3 Å². The number of amidine groups is 2. The molecule has 0 bridgehead atoms. The minimum Gasteiger partial charge on any atom is -0.362 e. The van der Waals surface area contributed by atoms with Gasteiger partial charge in [-0.25, -0.2) is 0 Å². The summed E-state index contributed by atoms with van der Waals surface area (Å²) < 4.78 is 0. The third-order valence-electron chi connectivity index (χ3n) is 1.47. The molecule has 2 fully saturated rings. The zero-order valence-corrected chi connectivity index (χ0v) is 8.17. The van der Waals surface area contributed by atoms with Gasteiger partial charge in [0.1, 0.15) is 0 Å². The molecule has 0 radical (unpaired) electrons. The van der Waals surface area contributed by atoms with Crippen molar-refractivity contribution < 1.29 is 0 Å². The molecule has 0 aromatic rings. The predicted molar refractivity (Wildman–Crippen MR) is 55.8 cm³/mol. The lowest BCUT2D eigenvalue weighted by Crippen LogP contribution is -2.15. The van der Waals surface area contributed by atoms with Crippen molar-refractivity contribution in [3.8, 4) is 0 Å². The predicted octanol–water partition coefficient (Wildman–Crippen LogP) is 0.286. The fourth-order valence-corrected chi connectivity index (χ4v) is 2.33. The van der Waals surface area contributed by atoms with E-state index in [-0.39, 0.29) is 0 Å². The summed E-state index contributed by atoms with van der Waals surface area (Å²) in [5.41, 5.74) is 0. The van der Waals surface area contributed by atoms with Crippen LogP contribution in [0.25, 0.3) is 0 Å². The molecule has 2 heterocycles. The van der Waals surface area contributed by atoms with E-state index >= 15 is 0 Å². The van der Waals surface area contributed by atoms with Crippen LogP contribution in [0.1, 0.15) is 0 Å². The van der Waals surface area contributed by atoms with Crippen LogP contribution in [0.15, 0.2) is 10.2 Å². The van der Waals surface area contributed by atoms with E-state index in [1.807, 2.05) is 0 Å². The van der Waals surface area contributed by atoms with Crippen molar-refractivity contribution in [2.24, 2.45) is 10.2 Å². The van der Waals surface area contributed by atoms with Crippen LogP contribution in [-0.2, 0) is 0 Å². The molecule has 2 aliphatic heterocycles. The van der Waals surface area contributed by atoms with Gasteiger partial charge in [0.2, 0.25) is 0 Å². The van der Waals surface area contributed by atoms with Crippen molar-refractivity contribution in [2.45, 2.75) is 0 Å². The molecule has 6 heteroatoms. The van der Waals surface area contributed by atoms with E-state index < -0.39 is 0 Å². The van der Waals surface area contributed by atoms with Crippen LogP contribution in [-0.4, -0.2) is 34.9 Å². The van der Waals surface area contributed by atoms with Crippen molar-refractivity contribution >= 4 is 33.9 Å². The van der Waals surface area contributed by atoms with Crippen LogP contribution >= 0.6 is 23.5 Å². The summed E-state index contributed by atoms with van der Waals surface area (Å²) in [6.45, 7) is 2.02. The zero-order valence-electron chi connectivity index (χ0n) is 6.54. The standard InChI is InChI=1S/C6H10N4S2/c1-3-11-5(7-1)9-10-6-8-2-4-12-6/h1-4H2,(H,7,9)(H,8,10). The van der Waals surface area contributed by atoms with Gasteiger partial charge in [-0.1, -0.05) is 23.5 Å². The second-order valence-electron chi connectivity index (χ2n) is 2.36. The third-order valence-corrected chi connectivity index (χ3v) is 3.28. The van der Waals surface area contributed by atoms with E-state index in [2.05, 4.69) is 20.8 Å². The van der Waals surface area contributed by atoms with Crippen molar-refractivity contribution in [1.82, 2.24) is 10.6 Å². The molecular formula is C6H10N4S2. The molecule has 2 aliphatic rings. The highest BCUT2D eigenvalue weighted by atomic mass is 32.2. The van der Waals surface area contributed by atoms with Crippen LogP contribution in [0, 0.1) is 0 Å². The Morgan fingerprint density at radius 1 is 0.917 bits per heavy atom.